The van der Waals surface area contributed by atoms with E-state index in [9.17, 15) is 22.8 Å². The maximum absolute atomic E-state index is 13.2. The molecule has 0 aromatic heterocycles. The predicted molar refractivity (Wildman–Crippen MR) is 55.0 cm³/mol. The summed E-state index contributed by atoms with van der Waals surface area (Å²) in [6.07, 6.45) is -0.500. The van der Waals surface area contributed by atoms with Gasteiger partial charge in [-0.3, -0.25) is 9.59 Å². The fourth-order valence-corrected chi connectivity index (χ4v) is 1.18. The second-order valence-electron chi connectivity index (χ2n) is 3.36. The Morgan fingerprint density at radius 2 is 1.89 bits per heavy atom. The highest BCUT2D eigenvalue weighted by Gasteiger charge is 2.16. The van der Waals surface area contributed by atoms with Crippen LogP contribution in [0.25, 0.3) is 0 Å². The SMILES string of the molecule is COC(=O)CNC(=O)Cc1ccc(F)c(F)c1F. The minimum atomic E-state index is -1.63. The molecule has 0 atom stereocenters. The summed E-state index contributed by atoms with van der Waals surface area (Å²) in [5, 5.41) is 2.15. The molecule has 0 unspecified atom stereocenters. The van der Waals surface area contributed by atoms with Gasteiger partial charge in [0.2, 0.25) is 5.91 Å². The summed E-state index contributed by atoms with van der Waals surface area (Å²) in [6, 6.07) is 1.69. The Morgan fingerprint density at radius 1 is 1.22 bits per heavy atom. The summed E-state index contributed by atoms with van der Waals surface area (Å²) >= 11 is 0. The van der Waals surface area contributed by atoms with Gasteiger partial charge in [0, 0.05) is 5.56 Å². The van der Waals surface area contributed by atoms with Crippen molar-refractivity contribution >= 4 is 11.9 Å². The van der Waals surface area contributed by atoms with E-state index in [0.717, 1.165) is 19.2 Å². The zero-order chi connectivity index (χ0) is 13.7. The van der Waals surface area contributed by atoms with Crippen LogP contribution >= 0.6 is 0 Å². The molecule has 0 heterocycles. The zero-order valence-corrected chi connectivity index (χ0v) is 9.43. The van der Waals surface area contributed by atoms with Crippen molar-refractivity contribution in [2.75, 3.05) is 13.7 Å². The number of benzene rings is 1. The average Bonchev–Trinajstić information content (AvgIpc) is 2.36. The number of halogens is 3. The highest BCUT2D eigenvalue weighted by Crippen LogP contribution is 2.15. The van der Waals surface area contributed by atoms with Gasteiger partial charge in [0.05, 0.1) is 13.5 Å². The Morgan fingerprint density at radius 3 is 2.50 bits per heavy atom. The molecule has 0 fully saturated rings. The van der Waals surface area contributed by atoms with Crippen LogP contribution in [0.3, 0.4) is 0 Å². The fraction of sp³-hybridized carbons (Fsp3) is 0.273. The fourth-order valence-electron chi connectivity index (χ4n) is 1.18. The molecule has 1 aromatic rings. The summed E-state index contributed by atoms with van der Waals surface area (Å²) in [6.45, 7) is -0.374. The number of hydrogen-bond donors (Lipinski definition) is 1. The highest BCUT2D eigenvalue weighted by atomic mass is 19.2. The van der Waals surface area contributed by atoms with Gasteiger partial charge in [0.1, 0.15) is 6.54 Å². The third-order valence-corrected chi connectivity index (χ3v) is 2.12. The molecule has 0 spiro atoms. The monoisotopic (exact) mass is 261 g/mol. The van der Waals surface area contributed by atoms with Gasteiger partial charge in [-0.2, -0.15) is 0 Å². The first-order chi connectivity index (χ1) is 8.45. The standard InChI is InChI=1S/C11H10F3NO3/c1-18-9(17)5-15-8(16)4-6-2-3-7(12)11(14)10(6)13/h2-3H,4-5H2,1H3,(H,15,16). The number of carbonyl (C=O) groups is 2. The minimum Gasteiger partial charge on any atom is -0.468 e. The summed E-state index contributed by atoms with van der Waals surface area (Å²) < 4.78 is 42.9. The molecule has 0 bridgehead atoms. The molecule has 7 heteroatoms. The number of carbonyl (C=O) groups excluding carboxylic acids is 2. The molecule has 0 aliphatic rings. The van der Waals surface area contributed by atoms with Crippen molar-refractivity contribution in [1.29, 1.82) is 0 Å². The third kappa shape index (κ3) is 3.47. The second-order valence-corrected chi connectivity index (χ2v) is 3.36. The van der Waals surface area contributed by atoms with E-state index in [1.54, 1.807) is 0 Å². The number of rotatable bonds is 4. The second kappa shape index (κ2) is 6.04. The number of nitrogens with one attached hydrogen (secondary N) is 1. The lowest BCUT2D eigenvalue weighted by Gasteiger charge is -2.05. The van der Waals surface area contributed by atoms with Crippen LogP contribution in [0.5, 0.6) is 0 Å². The Balaban J connectivity index is 2.65. The van der Waals surface area contributed by atoms with Crippen molar-refractivity contribution < 1.29 is 27.5 Å². The molecule has 98 valence electrons. The van der Waals surface area contributed by atoms with Crippen molar-refractivity contribution in [1.82, 2.24) is 5.32 Å². The molecular formula is C11H10F3NO3. The summed E-state index contributed by atoms with van der Waals surface area (Å²) in [4.78, 5) is 22.0. The zero-order valence-electron chi connectivity index (χ0n) is 9.43. The summed E-state index contributed by atoms with van der Waals surface area (Å²) in [5.41, 5.74) is -0.295. The first-order valence-electron chi connectivity index (χ1n) is 4.91. The lowest BCUT2D eigenvalue weighted by molar-refractivity contribution is -0.141. The number of hydrogen-bond acceptors (Lipinski definition) is 3. The first-order valence-corrected chi connectivity index (χ1v) is 4.91. The van der Waals surface area contributed by atoms with Crippen LogP contribution in [0.2, 0.25) is 0 Å². The molecule has 1 amide bonds. The van der Waals surface area contributed by atoms with Crippen LogP contribution in [0.4, 0.5) is 13.2 Å². The molecule has 0 aliphatic carbocycles. The number of methoxy groups -OCH3 is 1. The topological polar surface area (TPSA) is 55.4 Å². The van der Waals surface area contributed by atoms with Crippen molar-refractivity contribution in [3.63, 3.8) is 0 Å². The van der Waals surface area contributed by atoms with Crippen molar-refractivity contribution in [3.8, 4) is 0 Å². The molecule has 0 aliphatic heterocycles. The first kappa shape index (κ1) is 14.0. The highest BCUT2D eigenvalue weighted by molar-refractivity contribution is 5.83. The van der Waals surface area contributed by atoms with Gasteiger partial charge in [-0.1, -0.05) is 6.07 Å². The van der Waals surface area contributed by atoms with Crippen LogP contribution < -0.4 is 5.32 Å². The maximum atomic E-state index is 13.2. The van der Waals surface area contributed by atoms with E-state index in [4.69, 9.17) is 0 Å². The van der Waals surface area contributed by atoms with E-state index in [0.29, 0.717) is 0 Å². The smallest absolute Gasteiger partial charge is 0.325 e. The van der Waals surface area contributed by atoms with Gasteiger partial charge in [-0.25, -0.2) is 13.2 Å². The van der Waals surface area contributed by atoms with E-state index in [1.165, 1.54) is 0 Å². The molecule has 0 radical (unpaired) electrons. The third-order valence-electron chi connectivity index (χ3n) is 2.12. The summed E-state index contributed by atoms with van der Waals surface area (Å²) in [7, 11) is 1.14. The Hall–Kier alpha value is -2.05. The number of amides is 1. The van der Waals surface area contributed by atoms with Gasteiger partial charge in [-0.05, 0) is 6.07 Å². The van der Waals surface area contributed by atoms with Crippen LogP contribution in [-0.4, -0.2) is 25.5 Å². The molecule has 1 aromatic carbocycles. The lowest BCUT2D eigenvalue weighted by Crippen LogP contribution is -2.31. The van der Waals surface area contributed by atoms with Crippen molar-refractivity contribution in [2.24, 2.45) is 0 Å². The molecule has 18 heavy (non-hydrogen) atoms. The van der Waals surface area contributed by atoms with Crippen LogP contribution in [0.15, 0.2) is 12.1 Å². The Bertz CT molecular complexity index is 477. The van der Waals surface area contributed by atoms with Crippen LogP contribution in [-0.2, 0) is 20.7 Å². The van der Waals surface area contributed by atoms with Gasteiger partial charge in [0.15, 0.2) is 17.5 Å². The van der Waals surface area contributed by atoms with E-state index in [1.807, 2.05) is 0 Å². The predicted octanol–water partition coefficient (Wildman–Crippen LogP) is 0.936. The molecule has 1 N–H and O–H groups in total. The quantitative estimate of drug-likeness (QED) is 0.648. The normalized spacial score (nSPS) is 10.0. The van der Waals surface area contributed by atoms with E-state index < -0.39 is 35.7 Å². The van der Waals surface area contributed by atoms with Crippen LogP contribution in [0, 0.1) is 17.5 Å². The average molecular weight is 261 g/mol. The van der Waals surface area contributed by atoms with Crippen molar-refractivity contribution in [3.05, 3.63) is 35.1 Å². The molecule has 4 nitrogen and oxygen atoms in total. The van der Waals surface area contributed by atoms with E-state index >= 15 is 0 Å². The van der Waals surface area contributed by atoms with Gasteiger partial charge in [-0.15, -0.1) is 0 Å². The molecule has 0 saturated heterocycles. The molecular weight excluding hydrogens is 251 g/mol. The summed E-state index contributed by atoms with van der Waals surface area (Å²) in [5.74, 6) is -5.75. The van der Waals surface area contributed by atoms with E-state index in [-0.39, 0.29) is 12.1 Å². The number of esters is 1. The molecule has 0 saturated carbocycles. The van der Waals surface area contributed by atoms with Gasteiger partial charge < -0.3 is 10.1 Å². The van der Waals surface area contributed by atoms with Crippen LogP contribution in [0.1, 0.15) is 5.56 Å². The maximum Gasteiger partial charge on any atom is 0.325 e. The van der Waals surface area contributed by atoms with Crippen molar-refractivity contribution in [2.45, 2.75) is 6.42 Å². The van der Waals surface area contributed by atoms with Gasteiger partial charge in [0.25, 0.3) is 0 Å². The molecule has 1 rings (SSSR count). The number of ether oxygens (including phenoxy) is 1. The van der Waals surface area contributed by atoms with E-state index in [2.05, 4.69) is 10.1 Å². The Labute approximate surface area is 101 Å². The van der Waals surface area contributed by atoms with Gasteiger partial charge >= 0.3 is 5.97 Å². The Kier molecular flexibility index (Phi) is 4.70. The largest absolute Gasteiger partial charge is 0.468 e. The lowest BCUT2D eigenvalue weighted by atomic mass is 10.1. The minimum absolute atomic E-state index is 0.295.